The van der Waals surface area contributed by atoms with Gasteiger partial charge < -0.3 is 0 Å². The number of aromatic nitrogens is 5. The number of para-hydroxylation sites is 1. The molecular formula is C17H12ClN5O. The molecule has 24 heavy (non-hydrogen) atoms. The van der Waals surface area contributed by atoms with E-state index in [-0.39, 0.29) is 5.56 Å². The maximum absolute atomic E-state index is 12.6. The predicted molar refractivity (Wildman–Crippen MR) is 91.5 cm³/mol. The smallest absolute Gasteiger partial charge is 0.261 e. The summed E-state index contributed by atoms with van der Waals surface area (Å²) < 4.78 is 1.50. The van der Waals surface area contributed by atoms with Gasteiger partial charge in [0.25, 0.3) is 5.56 Å². The predicted octanol–water partition coefficient (Wildman–Crippen LogP) is 2.68. The quantitative estimate of drug-likeness (QED) is 0.576. The standard InChI is InChI=1S/C17H12ClN5O/c18-12-6-7-16-15(8-12)17(24)22(11-19-16)10-13-9-20-23(21-13)14-4-2-1-3-5-14/h1-9,11H,10H2. The van der Waals surface area contributed by atoms with Crippen LogP contribution in [0.1, 0.15) is 5.69 Å². The number of rotatable bonds is 3. The van der Waals surface area contributed by atoms with E-state index in [0.29, 0.717) is 28.2 Å². The van der Waals surface area contributed by atoms with Crippen molar-refractivity contribution in [3.05, 3.63) is 82.1 Å². The number of nitrogens with zero attached hydrogens (tertiary/aromatic N) is 5. The summed E-state index contributed by atoms with van der Waals surface area (Å²) in [5.41, 5.74) is 1.99. The molecule has 2 heterocycles. The fraction of sp³-hybridized carbons (Fsp3) is 0.0588. The highest BCUT2D eigenvalue weighted by Gasteiger charge is 2.08. The lowest BCUT2D eigenvalue weighted by atomic mass is 10.2. The average molecular weight is 338 g/mol. The Hall–Kier alpha value is -2.99. The van der Waals surface area contributed by atoms with E-state index in [0.717, 1.165) is 5.69 Å². The molecule has 118 valence electrons. The Balaban J connectivity index is 1.69. The SMILES string of the molecule is O=c1c2cc(Cl)ccc2ncn1Cc1cnn(-c2ccccc2)n1. The van der Waals surface area contributed by atoms with Gasteiger partial charge in [-0.1, -0.05) is 29.8 Å². The van der Waals surface area contributed by atoms with Gasteiger partial charge in [-0.15, -0.1) is 0 Å². The van der Waals surface area contributed by atoms with Gasteiger partial charge in [-0.05, 0) is 30.3 Å². The van der Waals surface area contributed by atoms with Crippen LogP contribution in [0.3, 0.4) is 0 Å². The van der Waals surface area contributed by atoms with Crippen LogP contribution >= 0.6 is 11.6 Å². The van der Waals surface area contributed by atoms with Gasteiger partial charge in [0.05, 0.1) is 35.7 Å². The van der Waals surface area contributed by atoms with Crippen molar-refractivity contribution in [1.82, 2.24) is 24.5 Å². The molecule has 7 heteroatoms. The summed E-state index contributed by atoms with van der Waals surface area (Å²) in [6, 6.07) is 14.7. The van der Waals surface area contributed by atoms with E-state index in [2.05, 4.69) is 15.2 Å². The van der Waals surface area contributed by atoms with Gasteiger partial charge in [-0.3, -0.25) is 9.36 Å². The van der Waals surface area contributed by atoms with Gasteiger partial charge >= 0.3 is 0 Å². The monoisotopic (exact) mass is 337 g/mol. The molecule has 6 nitrogen and oxygen atoms in total. The summed E-state index contributed by atoms with van der Waals surface area (Å²) in [4.78, 5) is 18.4. The van der Waals surface area contributed by atoms with Gasteiger partial charge in [0, 0.05) is 5.02 Å². The third-order valence-electron chi connectivity index (χ3n) is 3.64. The highest BCUT2D eigenvalue weighted by atomic mass is 35.5. The summed E-state index contributed by atoms with van der Waals surface area (Å²) in [6.07, 6.45) is 3.15. The number of hydrogen-bond acceptors (Lipinski definition) is 4. The van der Waals surface area contributed by atoms with E-state index in [9.17, 15) is 4.79 Å². The summed E-state index contributed by atoms with van der Waals surface area (Å²) in [6.45, 7) is 0.293. The minimum atomic E-state index is -0.156. The second kappa shape index (κ2) is 5.90. The third-order valence-corrected chi connectivity index (χ3v) is 3.88. The van der Waals surface area contributed by atoms with E-state index in [4.69, 9.17) is 11.6 Å². The summed E-state index contributed by atoms with van der Waals surface area (Å²) >= 11 is 5.97. The molecule has 0 N–H and O–H groups in total. The molecule has 0 unspecified atom stereocenters. The van der Waals surface area contributed by atoms with Crippen LogP contribution in [0.25, 0.3) is 16.6 Å². The molecule has 0 saturated carbocycles. The fourth-order valence-corrected chi connectivity index (χ4v) is 2.64. The molecular weight excluding hydrogens is 326 g/mol. The zero-order valence-corrected chi connectivity index (χ0v) is 13.3. The molecule has 0 radical (unpaired) electrons. The van der Waals surface area contributed by atoms with E-state index < -0.39 is 0 Å². The third kappa shape index (κ3) is 2.68. The Morgan fingerprint density at radius 2 is 1.92 bits per heavy atom. The molecule has 0 bridgehead atoms. The lowest BCUT2D eigenvalue weighted by Crippen LogP contribution is -2.21. The molecule has 4 rings (SSSR count). The maximum atomic E-state index is 12.6. The van der Waals surface area contributed by atoms with Crippen molar-refractivity contribution in [3.8, 4) is 5.69 Å². The molecule has 0 aliphatic rings. The fourth-order valence-electron chi connectivity index (χ4n) is 2.47. The average Bonchev–Trinajstić information content (AvgIpc) is 3.07. The van der Waals surface area contributed by atoms with Crippen molar-refractivity contribution >= 4 is 22.5 Å². The van der Waals surface area contributed by atoms with Crippen molar-refractivity contribution in [2.75, 3.05) is 0 Å². The van der Waals surface area contributed by atoms with E-state index in [1.165, 1.54) is 15.7 Å². The number of hydrogen-bond donors (Lipinski definition) is 0. The Bertz CT molecular complexity index is 1070. The first-order valence-electron chi connectivity index (χ1n) is 7.32. The number of halogens is 1. The van der Waals surface area contributed by atoms with Gasteiger partial charge in [0.1, 0.15) is 5.69 Å². The van der Waals surface area contributed by atoms with E-state index >= 15 is 0 Å². The van der Waals surface area contributed by atoms with Crippen molar-refractivity contribution in [2.45, 2.75) is 6.54 Å². The molecule has 0 spiro atoms. The second-order valence-corrected chi connectivity index (χ2v) is 5.74. The summed E-state index contributed by atoms with van der Waals surface area (Å²) in [5.74, 6) is 0. The van der Waals surface area contributed by atoms with Gasteiger partial charge in [-0.25, -0.2) is 4.98 Å². The van der Waals surface area contributed by atoms with Crippen LogP contribution in [0.4, 0.5) is 0 Å². The van der Waals surface area contributed by atoms with Crippen LogP contribution in [-0.4, -0.2) is 24.5 Å². The molecule has 2 aromatic heterocycles. The van der Waals surface area contributed by atoms with Gasteiger partial charge in [0.2, 0.25) is 0 Å². The molecule has 0 saturated heterocycles. The Kier molecular flexibility index (Phi) is 3.59. The first kappa shape index (κ1) is 14.6. The molecule has 0 atom stereocenters. The Morgan fingerprint density at radius 3 is 2.75 bits per heavy atom. The molecule has 0 amide bonds. The Morgan fingerprint density at radius 1 is 1.08 bits per heavy atom. The van der Waals surface area contributed by atoms with Crippen LogP contribution in [0, 0.1) is 0 Å². The highest BCUT2D eigenvalue weighted by molar-refractivity contribution is 6.31. The number of fused-ring (bicyclic) bond motifs is 1. The second-order valence-electron chi connectivity index (χ2n) is 5.30. The maximum Gasteiger partial charge on any atom is 0.261 e. The normalized spacial score (nSPS) is 11.0. The largest absolute Gasteiger partial charge is 0.293 e. The van der Waals surface area contributed by atoms with Crippen LogP contribution < -0.4 is 5.56 Å². The van der Waals surface area contributed by atoms with E-state index in [1.807, 2.05) is 30.3 Å². The van der Waals surface area contributed by atoms with Gasteiger partial charge in [0.15, 0.2) is 0 Å². The van der Waals surface area contributed by atoms with Crippen molar-refractivity contribution in [1.29, 1.82) is 0 Å². The lowest BCUT2D eigenvalue weighted by Gasteiger charge is -2.04. The van der Waals surface area contributed by atoms with E-state index in [1.54, 1.807) is 24.4 Å². The van der Waals surface area contributed by atoms with Crippen LogP contribution in [0.15, 0.2) is 65.8 Å². The minimum absolute atomic E-state index is 0.156. The molecule has 0 fully saturated rings. The van der Waals surface area contributed by atoms with Crippen LogP contribution in [0.5, 0.6) is 0 Å². The molecule has 0 aliphatic carbocycles. The Labute approximate surface area is 142 Å². The first-order chi connectivity index (χ1) is 11.7. The molecule has 4 aromatic rings. The minimum Gasteiger partial charge on any atom is -0.293 e. The van der Waals surface area contributed by atoms with Gasteiger partial charge in [-0.2, -0.15) is 15.0 Å². The zero-order chi connectivity index (χ0) is 16.5. The highest BCUT2D eigenvalue weighted by Crippen LogP contribution is 2.14. The zero-order valence-electron chi connectivity index (χ0n) is 12.5. The lowest BCUT2D eigenvalue weighted by molar-refractivity contribution is 0.694. The van der Waals surface area contributed by atoms with Crippen LogP contribution in [0.2, 0.25) is 5.02 Å². The molecule has 0 aliphatic heterocycles. The first-order valence-corrected chi connectivity index (χ1v) is 7.70. The van der Waals surface area contributed by atoms with Crippen molar-refractivity contribution in [2.24, 2.45) is 0 Å². The topological polar surface area (TPSA) is 65.6 Å². The molecule has 2 aromatic carbocycles. The number of benzene rings is 2. The van der Waals surface area contributed by atoms with Crippen molar-refractivity contribution in [3.63, 3.8) is 0 Å². The van der Waals surface area contributed by atoms with Crippen molar-refractivity contribution < 1.29 is 0 Å². The summed E-state index contributed by atoms with van der Waals surface area (Å²) in [5, 5.41) is 9.64. The van der Waals surface area contributed by atoms with Crippen LogP contribution in [-0.2, 0) is 6.54 Å². The summed E-state index contributed by atoms with van der Waals surface area (Å²) in [7, 11) is 0.